The highest BCUT2D eigenvalue weighted by Gasteiger charge is 2.32. The molecule has 0 aliphatic rings. The minimum Gasteiger partial charge on any atom is -0.319 e. The average Bonchev–Trinajstić information content (AvgIpc) is 2.81. The van der Waals surface area contributed by atoms with Gasteiger partial charge in [0.1, 0.15) is 11.4 Å². The first-order valence-electron chi connectivity index (χ1n) is 6.19. The molecule has 1 amide bonds. The van der Waals surface area contributed by atoms with Crippen LogP contribution in [0.5, 0.6) is 0 Å². The van der Waals surface area contributed by atoms with Gasteiger partial charge in [-0.05, 0) is 34.0 Å². The predicted octanol–water partition coefficient (Wildman–Crippen LogP) is 4.70. The summed E-state index contributed by atoms with van der Waals surface area (Å²) in [6.07, 6.45) is -3.54. The zero-order valence-electron chi connectivity index (χ0n) is 11.5. The Kier molecular flexibility index (Phi) is 4.86. The number of carbonyl (C=O) groups excluding carboxylic acids is 1. The molecule has 0 unspecified atom stereocenters. The molecule has 22 heavy (non-hydrogen) atoms. The molecule has 0 aromatic carbocycles. The summed E-state index contributed by atoms with van der Waals surface area (Å²) in [6, 6.07) is 1.97. The van der Waals surface area contributed by atoms with Crippen molar-refractivity contribution in [2.45, 2.75) is 25.9 Å². The van der Waals surface area contributed by atoms with Crippen molar-refractivity contribution in [1.29, 1.82) is 0 Å². The number of halogens is 4. The van der Waals surface area contributed by atoms with E-state index in [4.69, 9.17) is 0 Å². The van der Waals surface area contributed by atoms with Crippen LogP contribution >= 0.6 is 27.3 Å². The van der Waals surface area contributed by atoms with Crippen LogP contribution < -0.4 is 5.32 Å². The lowest BCUT2D eigenvalue weighted by Gasteiger charge is -2.08. The van der Waals surface area contributed by atoms with Crippen molar-refractivity contribution in [2.24, 2.45) is 0 Å². The fourth-order valence-corrected chi connectivity index (χ4v) is 3.17. The number of anilines is 1. The summed E-state index contributed by atoms with van der Waals surface area (Å²) < 4.78 is 37.9. The van der Waals surface area contributed by atoms with Gasteiger partial charge in [0.15, 0.2) is 3.92 Å². The Bertz CT molecular complexity index is 683. The summed E-state index contributed by atoms with van der Waals surface area (Å²) in [6.45, 7) is 3.85. The van der Waals surface area contributed by atoms with Gasteiger partial charge in [-0.3, -0.25) is 4.79 Å². The normalized spacial score (nSPS) is 11.8. The molecule has 0 bridgehead atoms. The largest absolute Gasteiger partial charge is 0.433 e. The molecule has 2 rings (SSSR count). The maximum atomic E-state index is 12.4. The lowest BCUT2D eigenvalue weighted by molar-refractivity contribution is -0.141. The SMILES string of the molecule is CC(C)c1sc(Br)nc1C(=O)Nc1ccc(C(F)(F)F)nc1. The molecule has 0 fully saturated rings. The highest BCUT2D eigenvalue weighted by atomic mass is 79.9. The molecular weight excluding hydrogens is 383 g/mol. The van der Waals surface area contributed by atoms with E-state index in [1.54, 1.807) is 0 Å². The average molecular weight is 394 g/mol. The fraction of sp³-hybridized carbons (Fsp3) is 0.308. The number of amides is 1. The molecule has 2 aromatic heterocycles. The van der Waals surface area contributed by atoms with E-state index in [1.807, 2.05) is 13.8 Å². The Morgan fingerprint density at radius 1 is 1.36 bits per heavy atom. The predicted molar refractivity (Wildman–Crippen MR) is 81.1 cm³/mol. The molecule has 0 aliphatic carbocycles. The van der Waals surface area contributed by atoms with E-state index in [0.29, 0.717) is 3.92 Å². The van der Waals surface area contributed by atoms with Gasteiger partial charge in [-0.2, -0.15) is 13.2 Å². The Balaban J connectivity index is 2.19. The van der Waals surface area contributed by atoms with Gasteiger partial charge in [0.05, 0.1) is 11.9 Å². The third-order valence-corrected chi connectivity index (χ3v) is 4.49. The van der Waals surface area contributed by atoms with Crippen molar-refractivity contribution in [1.82, 2.24) is 9.97 Å². The van der Waals surface area contributed by atoms with Crippen molar-refractivity contribution in [2.75, 3.05) is 5.32 Å². The highest BCUT2D eigenvalue weighted by molar-refractivity contribution is 9.11. The molecular formula is C13H11BrF3N3OS. The monoisotopic (exact) mass is 393 g/mol. The number of aromatic nitrogens is 2. The van der Waals surface area contributed by atoms with Gasteiger partial charge in [0.2, 0.25) is 0 Å². The number of nitrogens with one attached hydrogen (secondary N) is 1. The van der Waals surface area contributed by atoms with Crippen LogP contribution in [0.4, 0.5) is 18.9 Å². The summed E-state index contributed by atoms with van der Waals surface area (Å²) in [5.41, 5.74) is -0.576. The lowest BCUT2D eigenvalue weighted by Crippen LogP contribution is -2.15. The molecule has 2 aromatic rings. The number of pyridine rings is 1. The second kappa shape index (κ2) is 6.33. The van der Waals surface area contributed by atoms with Crippen molar-refractivity contribution in [3.8, 4) is 0 Å². The van der Waals surface area contributed by atoms with Crippen molar-refractivity contribution in [3.63, 3.8) is 0 Å². The van der Waals surface area contributed by atoms with E-state index in [9.17, 15) is 18.0 Å². The van der Waals surface area contributed by atoms with Crippen LogP contribution in [0.25, 0.3) is 0 Å². The summed E-state index contributed by atoms with van der Waals surface area (Å²) in [7, 11) is 0. The van der Waals surface area contributed by atoms with E-state index in [1.165, 1.54) is 11.3 Å². The minimum absolute atomic E-state index is 0.107. The van der Waals surface area contributed by atoms with Crippen LogP contribution in [0.3, 0.4) is 0 Å². The van der Waals surface area contributed by atoms with Gasteiger partial charge in [-0.1, -0.05) is 13.8 Å². The zero-order valence-corrected chi connectivity index (χ0v) is 13.9. The minimum atomic E-state index is -4.51. The number of hydrogen-bond acceptors (Lipinski definition) is 4. The van der Waals surface area contributed by atoms with Crippen LogP contribution in [0, 0.1) is 0 Å². The van der Waals surface area contributed by atoms with Crippen LogP contribution in [0.15, 0.2) is 22.2 Å². The third kappa shape index (κ3) is 3.83. The van der Waals surface area contributed by atoms with Gasteiger partial charge in [0.25, 0.3) is 5.91 Å². The van der Waals surface area contributed by atoms with E-state index < -0.39 is 17.8 Å². The van der Waals surface area contributed by atoms with Gasteiger partial charge in [0, 0.05) is 4.88 Å². The molecule has 0 aliphatic heterocycles. The first kappa shape index (κ1) is 16.9. The second-order valence-electron chi connectivity index (χ2n) is 4.72. The maximum absolute atomic E-state index is 12.4. The number of carbonyl (C=O) groups is 1. The standard InChI is InChI=1S/C13H11BrF3N3OS/c1-6(2)10-9(20-12(14)22-10)11(21)19-7-3-4-8(18-5-7)13(15,16)17/h3-6H,1-2H3,(H,19,21). The maximum Gasteiger partial charge on any atom is 0.433 e. The smallest absolute Gasteiger partial charge is 0.319 e. The Labute approximate surface area is 136 Å². The molecule has 0 saturated heterocycles. The first-order chi connectivity index (χ1) is 10.2. The molecule has 0 spiro atoms. The Morgan fingerprint density at radius 3 is 2.55 bits per heavy atom. The van der Waals surface area contributed by atoms with E-state index in [-0.39, 0.29) is 17.3 Å². The third-order valence-electron chi connectivity index (χ3n) is 2.68. The van der Waals surface area contributed by atoms with Crippen LogP contribution in [0.2, 0.25) is 0 Å². The zero-order chi connectivity index (χ0) is 16.5. The number of rotatable bonds is 3. The molecule has 2 heterocycles. The number of nitrogens with zero attached hydrogens (tertiary/aromatic N) is 2. The van der Waals surface area contributed by atoms with Gasteiger partial charge >= 0.3 is 6.18 Å². The number of hydrogen-bond donors (Lipinski definition) is 1. The van der Waals surface area contributed by atoms with E-state index >= 15 is 0 Å². The summed E-state index contributed by atoms with van der Waals surface area (Å²) in [5, 5.41) is 2.50. The first-order valence-corrected chi connectivity index (χ1v) is 7.80. The summed E-state index contributed by atoms with van der Waals surface area (Å²) >= 11 is 4.57. The number of alkyl halides is 3. The summed E-state index contributed by atoms with van der Waals surface area (Å²) in [4.78, 5) is 20.4. The van der Waals surface area contributed by atoms with Crippen molar-refractivity contribution < 1.29 is 18.0 Å². The van der Waals surface area contributed by atoms with E-state index in [0.717, 1.165) is 23.2 Å². The molecule has 0 radical (unpaired) electrons. The molecule has 0 atom stereocenters. The molecule has 118 valence electrons. The van der Waals surface area contributed by atoms with Crippen LogP contribution in [-0.2, 0) is 6.18 Å². The quantitative estimate of drug-likeness (QED) is 0.822. The summed E-state index contributed by atoms with van der Waals surface area (Å²) in [5.74, 6) is -0.373. The number of thiazole rings is 1. The van der Waals surface area contributed by atoms with Crippen LogP contribution in [-0.4, -0.2) is 15.9 Å². The molecule has 4 nitrogen and oxygen atoms in total. The Hall–Kier alpha value is -1.48. The molecule has 0 saturated carbocycles. The highest BCUT2D eigenvalue weighted by Crippen LogP contribution is 2.31. The van der Waals surface area contributed by atoms with Crippen molar-refractivity contribution >= 4 is 38.9 Å². The van der Waals surface area contributed by atoms with Gasteiger partial charge < -0.3 is 5.32 Å². The van der Waals surface area contributed by atoms with Crippen LogP contribution in [0.1, 0.15) is 40.8 Å². The Morgan fingerprint density at radius 2 is 2.05 bits per heavy atom. The fourth-order valence-electron chi connectivity index (χ4n) is 1.68. The lowest BCUT2D eigenvalue weighted by atomic mass is 10.1. The molecule has 9 heteroatoms. The molecule has 1 N–H and O–H groups in total. The van der Waals surface area contributed by atoms with Gasteiger partial charge in [-0.15, -0.1) is 11.3 Å². The van der Waals surface area contributed by atoms with E-state index in [2.05, 4.69) is 31.2 Å². The second-order valence-corrected chi connectivity index (χ2v) is 7.03. The topological polar surface area (TPSA) is 54.9 Å². The van der Waals surface area contributed by atoms with Gasteiger partial charge in [-0.25, -0.2) is 9.97 Å². The van der Waals surface area contributed by atoms with Crippen molar-refractivity contribution in [3.05, 3.63) is 38.5 Å².